The normalized spacial score (nSPS) is 22.4. The Morgan fingerprint density at radius 3 is 2.88 bits per heavy atom. The van der Waals surface area contributed by atoms with Crippen LogP contribution in [0.5, 0.6) is 0 Å². The van der Waals surface area contributed by atoms with Gasteiger partial charge in [0, 0.05) is 45.5 Å². The van der Waals surface area contributed by atoms with Crippen molar-refractivity contribution in [3.63, 3.8) is 0 Å². The summed E-state index contributed by atoms with van der Waals surface area (Å²) in [4.78, 5) is 21.2. The highest BCUT2D eigenvalue weighted by molar-refractivity contribution is 5.93. The van der Waals surface area contributed by atoms with Gasteiger partial charge in [0.2, 0.25) is 0 Å². The van der Waals surface area contributed by atoms with E-state index in [1.807, 2.05) is 19.1 Å². The zero-order chi connectivity index (χ0) is 16.8. The number of ether oxygens (including phenoxy) is 1. The predicted octanol–water partition coefficient (Wildman–Crippen LogP) is 1.38. The minimum atomic E-state index is -0.0552. The summed E-state index contributed by atoms with van der Waals surface area (Å²) in [6.07, 6.45) is 4.17. The van der Waals surface area contributed by atoms with Gasteiger partial charge in [-0.05, 0) is 37.8 Å². The van der Waals surface area contributed by atoms with Crippen molar-refractivity contribution in [2.75, 3.05) is 57.4 Å². The Morgan fingerprint density at radius 1 is 1.33 bits per heavy atom. The molecule has 1 amide bonds. The molecular weight excluding hydrogens is 304 g/mol. The summed E-state index contributed by atoms with van der Waals surface area (Å²) in [6.45, 7) is 9.62. The largest absolute Gasteiger partial charge is 0.379 e. The van der Waals surface area contributed by atoms with Crippen molar-refractivity contribution in [2.45, 2.75) is 19.8 Å². The lowest BCUT2D eigenvalue weighted by atomic mass is 9.97. The second kappa shape index (κ2) is 8.44. The highest BCUT2D eigenvalue weighted by Crippen LogP contribution is 2.22. The lowest BCUT2D eigenvalue weighted by Crippen LogP contribution is -2.44. The number of carbonyl (C=O) groups is 1. The van der Waals surface area contributed by atoms with Gasteiger partial charge in [-0.3, -0.25) is 9.69 Å². The van der Waals surface area contributed by atoms with Crippen molar-refractivity contribution in [1.82, 2.24) is 15.2 Å². The SMILES string of the molecule is CCNC(=O)c1ccc(N2CCCC(CN3CCOCC3)C2)nc1. The third-order valence-corrected chi connectivity index (χ3v) is 4.81. The van der Waals surface area contributed by atoms with E-state index >= 15 is 0 Å². The van der Waals surface area contributed by atoms with Gasteiger partial charge in [0.1, 0.15) is 5.82 Å². The molecule has 132 valence electrons. The minimum absolute atomic E-state index is 0.0552. The van der Waals surface area contributed by atoms with E-state index in [0.717, 1.165) is 51.8 Å². The molecule has 2 aliphatic heterocycles. The predicted molar refractivity (Wildman–Crippen MR) is 94.4 cm³/mol. The van der Waals surface area contributed by atoms with Crippen LogP contribution in [0.3, 0.4) is 0 Å². The molecule has 3 rings (SSSR count). The fourth-order valence-corrected chi connectivity index (χ4v) is 3.54. The molecule has 0 spiro atoms. The molecule has 0 saturated carbocycles. The number of anilines is 1. The van der Waals surface area contributed by atoms with Gasteiger partial charge in [0.25, 0.3) is 5.91 Å². The summed E-state index contributed by atoms with van der Waals surface area (Å²) in [7, 11) is 0. The number of hydrogen-bond acceptors (Lipinski definition) is 5. The van der Waals surface area contributed by atoms with Gasteiger partial charge in [-0.15, -0.1) is 0 Å². The van der Waals surface area contributed by atoms with Crippen molar-refractivity contribution in [3.05, 3.63) is 23.9 Å². The summed E-state index contributed by atoms with van der Waals surface area (Å²) in [5.74, 6) is 1.61. The lowest BCUT2D eigenvalue weighted by Gasteiger charge is -2.37. The third kappa shape index (κ3) is 4.45. The number of piperidine rings is 1. The standard InChI is InChI=1S/C18H28N4O2/c1-2-19-18(23)16-5-6-17(20-12-16)22-7-3-4-15(14-22)13-21-8-10-24-11-9-21/h5-6,12,15H,2-4,7-11,13-14H2,1H3,(H,19,23). The molecule has 1 unspecified atom stereocenters. The molecule has 0 bridgehead atoms. The lowest BCUT2D eigenvalue weighted by molar-refractivity contribution is 0.0296. The number of amides is 1. The monoisotopic (exact) mass is 332 g/mol. The van der Waals surface area contributed by atoms with E-state index in [2.05, 4.69) is 20.1 Å². The first-order chi connectivity index (χ1) is 11.8. The highest BCUT2D eigenvalue weighted by atomic mass is 16.5. The summed E-state index contributed by atoms with van der Waals surface area (Å²) in [6, 6.07) is 3.85. The summed E-state index contributed by atoms with van der Waals surface area (Å²) >= 11 is 0. The maximum absolute atomic E-state index is 11.8. The van der Waals surface area contributed by atoms with Crippen LogP contribution in [0.4, 0.5) is 5.82 Å². The molecule has 6 heteroatoms. The molecule has 2 aliphatic rings. The summed E-state index contributed by atoms with van der Waals surface area (Å²) < 4.78 is 5.43. The van der Waals surface area contributed by atoms with Crippen molar-refractivity contribution < 1.29 is 9.53 Å². The maximum atomic E-state index is 11.8. The molecule has 1 aromatic heterocycles. The average Bonchev–Trinajstić information content (AvgIpc) is 2.63. The molecule has 1 atom stereocenters. The van der Waals surface area contributed by atoms with E-state index in [-0.39, 0.29) is 5.91 Å². The molecule has 0 aromatic carbocycles. The second-order valence-corrected chi connectivity index (χ2v) is 6.63. The molecule has 0 aliphatic carbocycles. The Labute approximate surface area is 144 Å². The number of hydrogen-bond donors (Lipinski definition) is 1. The molecule has 24 heavy (non-hydrogen) atoms. The van der Waals surface area contributed by atoms with Crippen LogP contribution < -0.4 is 10.2 Å². The van der Waals surface area contributed by atoms with Gasteiger partial charge in [0.15, 0.2) is 0 Å². The third-order valence-electron chi connectivity index (χ3n) is 4.81. The quantitative estimate of drug-likeness (QED) is 0.883. The number of carbonyl (C=O) groups excluding carboxylic acids is 1. The Morgan fingerprint density at radius 2 is 2.17 bits per heavy atom. The molecular formula is C18H28N4O2. The number of pyridine rings is 1. The van der Waals surface area contributed by atoms with Gasteiger partial charge in [0.05, 0.1) is 18.8 Å². The van der Waals surface area contributed by atoms with Gasteiger partial charge in [-0.2, -0.15) is 0 Å². The topological polar surface area (TPSA) is 57.7 Å². The first kappa shape index (κ1) is 17.2. The number of nitrogens with one attached hydrogen (secondary N) is 1. The van der Waals surface area contributed by atoms with Crippen LogP contribution in [-0.2, 0) is 4.74 Å². The average molecular weight is 332 g/mol. The fraction of sp³-hybridized carbons (Fsp3) is 0.667. The van der Waals surface area contributed by atoms with Gasteiger partial charge < -0.3 is 15.0 Å². The van der Waals surface area contributed by atoms with Crippen LogP contribution in [-0.4, -0.2) is 68.3 Å². The minimum Gasteiger partial charge on any atom is -0.379 e. The Bertz CT molecular complexity index is 528. The molecule has 3 heterocycles. The molecule has 1 N–H and O–H groups in total. The molecule has 1 aromatic rings. The van der Waals surface area contributed by atoms with Crippen molar-refractivity contribution in [3.8, 4) is 0 Å². The number of rotatable bonds is 5. The van der Waals surface area contributed by atoms with E-state index in [0.29, 0.717) is 18.0 Å². The number of aromatic nitrogens is 1. The first-order valence-corrected chi connectivity index (χ1v) is 9.05. The van der Waals surface area contributed by atoms with Gasteiger partial charge in [-0.1, -0.05) is 0 Å². The van der Waals surface area contributed by atoms with E-state index in [9.17, 15) is 4.79 Å². The van der Waals surface area contributed by atoms with E-state index in [4.69, 9.17) is 4.74 Å². The molecule has 2 saturated heterocycles. The molecule has 0 radical (unpaired) electrons. The van der Waals surface area contributed by atoms with E-state index in [1.165, 1.54) is 12.8 Å². The first-order valence-electron chi connectivity index (χ1n) is 9.05. The van der Waals surface area contributed by atoms with Crippen LogP contribution in [0.1, 0.15) is 30.1 Å². The second-order valence-electron chi connectivity index (χ2n) is 6.63. The summed E-state index contributed by atoms with van der Waals surface area (Å²) in [5.41, 5.74) is 0.627. The summed E-state index contributed by atoms with van der Waals surface area (Å²) in [5, 5.41) is 2.81. The van der Waals surface area contributed by atoms with Crippen LogP contribution in [0.2, 0.25) is 0 Å². The van der Waals surface area contributed by atoms with Crippen LogP contribution in [0, 0.1) is 5.92 Å². The number of morpholine rings is 1. The molecule has 6 nitrogen and oxygen atoms in total. The van der Waals surface area contributed by atoms with E-state index < -0.39 is 0 Å². The van der Waals surface area contributed by atoms with Crippen molar-refractivity contribution in [1.29, 1.82) is 0 Å². The Balaban J connectivity index is 1.56. The maximum Gasteiger partial charge on any atom is 0.252 e. The van der Waals surface area contributed by atoms with Crippen molar-refractivity contribution in [2.24, 2.45) is 5.92 Å². The zero-order valence-corrected chi connectivity index (χ0v) is 14.5. The fourth-order valence-electron chi connectivity index (χ4n) is 3.54. The van der Waals surface area contributed by atoms with Gasteiger partial charge >= 0.3 is 0 Å². The highest BCUT2D eigenvalue weighted by Gasteiger charge is 2.24. The Kier molecular flexibility index (Phi) is 6.04. The smallest absolute Gasteiger partial charge is 0.252 e. The molecule has 2 fully saturated rings. The van der Waals surface area contributed by atoms with Crippen LogP contribution in [0.15, 0.2) is 18.3 Å². The zero-order valence-electron chi connectivity index (χ0n) is 14.5. The van der Waals surface area contributed by atoms with Crippen LogP contribution in [0.25, 0.3) is 0 Å². The van der Waals surface area contributed by atoms with Gasteiger partial charge in [-0.25, -0.2) is 4.98 Å². The van der Waals surface area contributed by atoms with E-state index in [1.54, 1.807) is 6.20 Å². The number of nitrogens with zero attached hydrogens (tertiary/aromatic N) is 3. The van der Waals surface area contributed by atoms with Crippen molar-refractivity contribution >= 4 is 11.7 Å². The Hall–Kier alpha value is -1.66. The van der Waals surface area contributed by atoms with Crippen LogP contribution >= 0.6 is 0 Å².